The summed E-state index contributed by atoms with van der Waals surface area (Å²) in [6.45, 7) is 0. The van der Waals surface area contributed by atoms with E-state index in [0.717, 1.165) is 16.3 Å². The zero-order valence-electron chi connectivity index (χ0n) is 18.1. The Balaban J connectivity index is 1.44. The van der Waals surface area contributed by atoms with E-state index in [9.17, 15) is 22.8 Å². The molecular formula is C26H17ClF3N3O2. The molecule has 0 saturated carbocycles. The van der Waals surface area contributed by atoms with E-state index in [1.807, 2.05) is 0 Å². The van der Waals surface area contributed by atoms with E-state index in [4.69, 9.17) is 11.6 Å². The van der Waals surface area contributed by atoms with E-state index in [-0.39, 0.29) is 22.4 Å². The summed E-state index contributed by atoms with van der Waals surface area (Å²) in [5, 5.41) is 6.78. The Morgan fingerprint density at radius 3 is 2.43 bits per heavy atom. The summed E-state index contributed by atoms with van der Waals surface area (Å²) >= 11 is 6.22. The second kappa shape index (κ2) is 8.70. The number of anilines is 1. The van der Waals surface area contributed by atoms with Gasteiger partial charge in [0.15, 0.2) is 11.5 Å². The SMILES string of the molecule is O=C(Nc1ccc2c(c1)CCC2=O)c1ccc(-c2cc(C(F)(F)F)nn2-c2ccccc2Cl)cc1. The zero-order chi connectivity index (χ0) is 24.7. The number of Topliss-reactive ketones (excluding diaryl/α,β-unsaturated/α-hetero) is 1. The Kier molecular flexibility index (Phi) is 5.68. The highest BCUT2D eigenvalue weighted by molar-refractivity contribution is 6.32. The van der Waals surface area contributed by atoms with Gasteiger partial charge in [0.2, 0.25) is 0 Å². The van der Waals surface area contributed by atoms with Crippen molar-refractivity contribution in [1.29, 1.82) is 0 Å². The van der Waals surface area contributed by atoms with Gasteiger partial charge in [-0.15, -0.1) is 0 Å². The Morgan fingerprint density at radius 2 is 1.71 bits per heavy atom. The number of hydrogen-bond donors (Lipinski definition) is 1. The van der Waals surface area contributed by atoms with Gasteiger partial charge in [-0.25, -0.2) is 4.68 Å². The fraction of sp³-hybridized carbons (Fsp3) is 0.115. The van der Waals surface area contributed by atoms with Gasteiger partial charge in [-0.1, -0.05) is 35.9 Å². The van der Waals surface area contributed by atoms with E-state index < -0.39 is 11.9 Å². The number of hydrogen-bond acceptors (Lipinski definition) is 3. The number of para-hydroxylation sites is 1. The topological polar surface area (TPSA) is 64.0 Å². The number of aromatic nitrogens is 2. The number of aryl methyl sites for hydroxylation is 1. The number of rotatable bonds is 4. The molecule has 1 aromatic heterocycles. The molecule has 5 nitrogen and oxygen atoms in total. The van der Waals surface area contributed by atoms with E-state index in [0.29, 0.717) is 40.9 Å². The van der Waals surface area contributed by atoms with Crippen LogP contribution in [0.3, 0.4) is 0 Å². The summed E-state index contributed by atoms with van der Waals surface area (Å²) < 4.78 is 41.4. The van der Waals surface area contributed by atoms with E-state index in [1.54, 1.807) is 54.6 Å². The highest BCUT2D eigenvalue weighted by Crippen LogP contribution is 2.34. The first kappa shape index (κ1) is 22.9. The summed E-state index contributed by atoms with van der Waals surface area (Å²) in [6.07, 6.45) is -3.53. The molecule has 0 unspecified atom stereocenters. The average molecular weight is 496 g/mol. The molecule has 176 valence electrons. The van der Waals surface area contributed by atoms with Gasteiger partial charge in [0.1, 0.15) is 0 Å². The van der Waals surface area contributed by atoms with Gasteiger partial charge in [-0.05, 0) is 60.5 Å². The second-order valence-corrected chi connectivity index (χ2v) is 8.51. The molecule has 0 atom stereocenters. The summed E-state index contributed by atoms with van der Waals surface area (Å²) in [4.78, 5) is 24.5. The van der Waals surface area contributed by atoms with E-state index >= 15 is 0 Å². The van der Waals surface area contributed by atoms with Crippen molar-refractivity contribution in [2.75, 3.05) is 5.32 Å². The molecule has 3 aromatic carbocycles. The van der Waals surface area contributed by atoms with Gasteiger partial charge in [0, 0.05) is 28.8 Å². The fourth-order valence-corrected chi connectivity index (χ4v) is 4.28. The third kappa shape index (κ3) is 4.44. The maximum absolute atomic E-state index is 13.4. The van der Waals surface area contributed by atoms with Crippen molar-refractivity contribution in [2.24, 2.45) is 0 Å². The molecule has 0 saturated heterocycles. The van der Waals surface area contributed by atoms with Gasteiger partial charge in [-0.2, -0.15) is 18.3 Å². The third-order valence-corrected chi connectivity index (χ3v) is 6.13. The molecule has 0 fully saturated rings. The van der Waals surface area contributed by atoms with Gasteiger partial charge in [0.25, 0.3) is 5.91 Å². The van der Waals surface area contributed by atoms with Gasteiger partial charge in [-0.3, -0.25) is 9.59 Å². The van der Waals surface area contributed by atoms with Crippen LogP contribution >= 0.6 is 11.6 Å². The minimum Gasteiger partial charge on any atom is -0.322 e. The maximum atomic E-state index is 13.4. The van der Waals surface area contributed by atoms with Crippen molar-refractivity contribution >= 4 is 29.0 Å². The first-order valence-electron chi connectivity index (χ1n) is 10.7. The lowest BCUT2D eigenvalue weighted by atomic mass is 10.1. The van der Waals surface area contributed by atoms with Crippen LogP contribution in [-0.4, -0.2) is 21.5 Å². The molecule has 0 aliphatic heterocycles. The number of fused-ring (bicyclic) bond motifs is 1. The molecule has 1 heterocycles. The first-order valence-corrected chi connectivity index (χ1v) is 11.1. The minimum atomic E-state index is -4.64. The van der Waals surface area contributed by atoms with Crippen molar-refractivity contribution in [2.45, 2.75) is 19.0 Å². The monoisotopic (exact) mass is 495 g/mol. The van der Waals surface area contributed by atoms with Crippen LogP contribution in [-0.2, 0) is 12.6 Å². The van der Waals surface area contributed by atoms with E-state index in [2.05, 4.69) is 10.4 Å². The van der Waals surface area contributed by atoms with Crippen LogP contribution in [0.5, 0.6) is 0 Å². The number of halogens is 4. The van der Waals surface area contributed by atoms with Crippen molar-refractivity contribution < 1.29 is 22.8 Å². The zero-order valence-corrected chi connectivity index (χ0v) is 18.8. The number of amides is 1. The molecular weight excluding hydrogens is 479 g/mol. The molecule has 9 heteroatoms. The van der Waals surface area contributed by atoms with E-state index in [1.165, 1.54) is 12.1 Å². The van der Waals surface area contributed by atoms with Crippen molar-refractivity contribution in [3.05, 3.63) is 100 Å². The third-order valence-electron chi connectivity index (χ3n) is 5.81. The molecule has 35 heavy (non-hydrogen) atoms. The lowest BCUT2D eigenvalue weighted by molar-refractivity contribution is -0.141. The number of alkyl halides is 3. The summed E-state index contributed by atoms with van der Waals surface area (Å²) in [6, 6.07) is 18.8. The number of benzene rings is 3. The maximum Gasteiger partial charge on any atom is 0.435 e. The molecule has 0 bridgehead atoms. The van der Waals surface area contributed by atoms with Crippen molar-refractivity contribution in [1.82, 2.24) is 9.78 Å². The highest BCUT2D eigenvalue weighted by Gasteiger charge is 2.35. The Labute approximate surface area is 203 Å². The quantitative estimate of drug-likeness (QED) is 0.347. The summed E-state index contributed by atoms with van der Waals surface area (Å²) in [7, 11) is 0. The molecule has 0 radical (unpaired) electrons. The smallest absolute Gasteiger partial charge is 0.322 e. The Hall–Kier alpha value is -3.91. The number of carbonyl (C=O) groups is 2. The fourth-order valence-electron chi connectivity index (χ4n) is 4.06. The molecule has 1 N–H and O–H groups in total. The van der Waals surface area contributed by atoms with Gasteiger partial charge in [0.05, 0.1) is 16.4 Å². The molecule has 0 spiro atoms. The normalized spacial score (nSPS) is 13.1. The standard InChI is InChI=1S/C26H17ClF3N3O2/c27-20-3-1-2-4-21(20)33-22(14-24(32-33)26(28,29)30)15-5-7-16(8-6-15)25(35)31-18-10-11-19-17(13-18)9-12-23(19)34/h1-8,10-11,13-14H,9,12H2,(H,31,35). The Morgan fingerprint density at radius 1 is 0.971 bits per heavy atom. The molecule has 1 amide bonds. The van der Waals surface area contributed by atoms with Crippen LogP contribution < -0.4 is 5.32 Å². The number of ketones is 1. The lowest BCUT2D eigenvalue weighted by Crippen LogP contribution is -2.12. The number of nitrogens with zero attached hydrogens (tertiary/aromatic N) is 2. The number of nitrogens with one attached hydrogen (secondary N) is 1. The molecule has 5 rings (SSSR count). The highest BCUT2D eigenvalue weighted by atomic mass is 35.5. The average Bonchev–Trinajstić information content (AvgIpc) is 3.44. The molecule has 1 aliphatic rings. The van der Waals surface area contributed by atoms with Gasteiger partial charge >= 0.3 is 6.18 Å². The molecule has 1 aliphatic carbocycles. The van der Waals surface area contributed by atoms with Crippen LogP contribution in [0, 0.1) is 0 Å². The predicted octanol–water partition coefficient (Wildman–Crippen LogP) is 6.59. The summed E-state index contributed by atoms with van der Waals surface area (Å²) in [5.74, 6) is -0.283. The minimum absolute atomic E-state index is 0.0955. The first-order chi connectivity index (χ1) is 16.7. The Bertz CT molecular complexity index is 1460. The van der Waals surface area contributed by atoms with Crippen LogP contribution in [0.15, 0.2) is 72.8 Å². The second-order valence-electron chi connectivity index (χ2n) is 8.10. The van der Waals surface area contributed by atoms with Crippen molar-refractivity contribution in [3.63, 3.8) is 0 Å². The number of carbonyl (C=O) groups excluding carboxylic acids is 2. The van der Waals surface area contributed by atoms with Gasteiger partial charge < -0.3 is 5.32 Å². The largest absolute Gasteiger partial charge is 0.435 e. The lowest BCUT2D eigenvalue weighted by Gasteiger charge is -2.10. The molecule has 4 aromatic rings. The van der Waals surface area contributed by atoms with Crippen LogP contribution in [0.2, 0.25) is 5.02 Å². The predicted molar refractivity (Wildman–Crippen MR) is 126 cm³/mol. The van der Waals surface area contributed by atoms with Crippen LogP contribution in [0.1, 0.15) is 38.4 Å². The van der Waals surface area contributed by atoms with Crippen molar-refractivity contribution in [3.8, 4) is 16.9 Å². The van der Waals surface area contributed by atoms with Crippen LogP contribution in [0.4, 0.5) is 18.9 Å². The van der Waals surface area contributed by atoms with Crippen LogP contribution in [0.25, 0.3) is 16.9 Å². The summed E-state index contributed by atoms with van der Waals surface area (Å²) in [5.41, 5.74) is 2.34.